The zero-order valence-corrected chi connectivity index (χ0v) is 10.3. The maximum absolute atomic E-state index is 12.0. The van der Waals surface area contributed by atoms with E-state index in [1.54, 1.807) is 0 Å². The highest BCUT2D eigenvalue weighted by Gasteiger charge is 2.40. The van der Waals surface area contributed by atoms with Crippen molar-refractivity contribution in [3.63, 3.8) is 0 Å². The van der Waals surface area contributed by atoms with E-state index in [1.165, 1.54) is 0 Å². The van der Waals surface area contributed by atoms with Gasteiger partial charge in [0, 0.05) is 6.42 Å². The summed E-state index contributed by atoms with van der Waals surface area (Å²) in [7, 11) is 0. The summed E-state index contributed by atoms with van der Waals surface area (Å²) < 4.78 is 11.6. The van der Waals surface area contributed by atoms with Gasteiger partial charge < -0.3 is 9.47 Å². The minimum Gasteiger partial charge on any atom is -0.363 e. The molecule has 0 unspecified atom stereocenters. The third-order valence-corrected chi connectivity index (χ3v) is 3.49. The molecule has 2 aliphatic rings. The predicted octanol–water partition coefficient (Wildman–Crippen LogP) is 2.43. The Kier molecular flexibility index (Phi) is 3.02. The standard InChI is InChI=1S/C15H16O3/c1-10(11-5-3-2-4-6-11)17-15-13(16)9-12-7-8-14(15)18-12/h2-8,10,12,14-15H,9H2,1H3/t10-,12-,14+,15+/m0/s1. The van der Waals surface area contributed by atoms with Crippen molar-refractivity contribution in [2.24, 2.45) is 0 Å². The van der Waals surface area contributed by atoms with Crippen LogP contribution in [0.3, 0.4) is 0 Å². The van der Waals surface area contributed by atoms with Gasteiger partial charge in [-0.2, -0.15) is 0 Å². The number of ether oxygens (including phenoxy) is 2. The predicted molar refractivity (Wildman–Crippen MR) is 67.2 cm³/mol. The summed E-state index contributed by atoms with van der Waals surface area (Å²) in [5.74, 6) is 0.143. The van der Waals surface area contributed by atoms with Crippen molar-refractivity contribution in [2.75, 3.05) is 0 Å². The normalized spacial score (nSPS) is 31.6. The molecule has 18 heavy (non-hydrogen) atoms. The lowest BCUT2D eigenvalue weighted by atomic mass is 10.0. The van der Waals surface area contributed by atoms with E-state index in [1.807, 2.05) is 49.4 Å². The molecule has 94 valence electrons. The molecule has 1 saturated heterocycles. The van der Waals surface area contributed by atoms with Crippen LogP contribution in [0.4, 0.5) is 0 Å². The average Bonchev–Trinajstić information content (AvgIpc) is 2.79. The van der Waals surface area contributed by atoms with E-state index < -0.39 is 6.10 Å². The molecule has 0 saturated carbocycles. The van der Waals surface area contributed by atoms with Crippen LogP contribution >= 0.6 is 0 Å². The van der Waals surface area contributed by atoms with Gasteiger partial charge >= 0.3 is 0 Å². The second kappa shape index (κ2) is 4.67. The second-order valence-corrected chi connectivity index (χ2v) is 4.80. The van der Waals surface area contributed by atoms with E-state index in [4.69, 9.17) is 9.47 Å². The fourth-order valence-corrected chi connectivity index (χ4v) is 2.49. The van der Waals surface area contributed by atoms with Crippen LogP contribution in [0, 0.1) is 0 Å². The molecule has 3 nitrogen and oxygen atoms in total. The first-order chi connectivity index (χ1) is 8.74. The highest BCUT2D eigenvalue weighted by atomic mass is 16.6. The molecule has 1 aromatic rings. The quantitative estimate of drug-likeness (QED) is 0.766. The number of hydrogen-bond donors (Lipinski definition) is 0. The molecule has 0 aliphatic carbocycles. The van der Waals surface area contributed by atoms with Crippen molar-refractivity contribution in [1.29, 1.82) is 0 Å². The summed E-state index contributed by atoms with van der Waals surface area (Å²) in [6, 6.07) is 9.92. The zero-order valence-electron chi connectivity index (χ0n) is 10.3. The summed E-state index contributed by atoms with van der Waals surface area (Å²) in [4.78, 5) is 12.0. The minimum atomic E-state index is -0.463. The van der Waals surface area contributed by atoms with Crippen molar-refractivity contribution in [2.45, 2.75) is 37.8 Å². The largest absolute Gasteiger partial charge is 0.363 e. The Hall–Kier alpha value is -1.45. The van der Waals surface area contributed by atoms with Crippen LogP contribution < -0.4 is 0 Å². The summed E-state index contributed by atoms with van der Waals surface area (Å²) >= 11 is 0. The van der Waals surface area contributed by atoms with Crippen LogP contribution in [-0.4, -0.2) is 24.1 Å². The van der Waals surface area contributed by atoms with Gasteiger partial charge in [-0.1, -0.05) is 42.5 Å². The molecule has 0 aromatic heterocycles. The Morgan fingerprint density at radius 1 is 1.28 bits per heavy atom. The monoisotopic (exact) mass is 244 g/mol. The number of benzene rings is 1. The van der Waals surface area contributed by atoms with Crippen molar-refractivity contribution >= 4 is 5.78 Å². The first-order valence-corrected chi connectivity index (χ1v) is 6.31. The molecule has 0 N–H and O–H groups in total. The molecule has 1 aromatic carbocycles. The molecule has 3 heteroatoms. The van der Waals surface area contributed by atoms with Crippen LogP contribution in [0.15, 0.2) is 42.5 Å². The Morgan fingerprint density at radius 3 is 2.83 bits per heavy atom. The molecule has 0 spiro atoms. The molecule has 1 fully saturated rings. The van der Waals surface area contributed by atoms with Gasteiger partial charge in [0.1, 0.15) is 12.2 Å². The molecular formula is C15H16O3. The van der Waals surface area contributed by atoms with Crippen LogP contribution in [0.25, 0.3) is 0 Å². The van der Waals surface area contributed by atoms with Crippen molar-refractivity contribution < 1.29 is 14.3 Å². The number of ketones is 1. The fourth-order valence-electron chi connectivity index (χ4n) is 2.49. The lowest BCUT2D eigenvalue weighted by Gasteiger charge is -2.30. The zero-order chi connectivity index (χ0) is 12.5. The average molecular weight is 244 g/mol. The topological polar surface area (TPSA) is 35.5 Å². The SMILES string of the molecule is C[C@H](O[C@@H]1C(=O)C[C@@H]2C=C[C@H]1O2)c1ccccc1. The number of fused-ring (bicyclic) bond motifs is 2. The van der Waals surface area contributed by atoms with Crippen molar-refractivity contribution in [3.8, 4) is 0 Å². The van der Waals surface area contributed by atoms with Gasteiger partial charge in [-0.05, 0) is 12.5 Å². The molecule has 0 amide bonds. The number of rotatable bonds is 3. The molecule has 4 atom stereocenters. The first-order valence-electron chi connectivity index (χ1n) is 6.31. The lowest BCUT2D eigenvalue weighted by Crippen LogP contribution is -2.43. The smallest absolute Gasteiger partial charge is 0.167 e. The van der Waals surface area contributed by atoms with Crippen molar-refractivity contribution in [1.82, 2.24) is 0 Å². The maximum Gasteiger partial charge on any atom is 0.167 e. The van der Waals surface area contributed by atoms with Gasteiger partial charge in [0.25, 0.3) is 0 Å². The summed E-state index contributed by atoms with van der Waals surface area (Å²) in [5.41, 5.74) is 1.08. The minimum absolute atomic E-state index is 0.0330. The van der Waals surface area contributed by atoms with Gasteiger partial charge in [-0.3, -0.25) is 4.79 Å². The van der Waals surface area contributed by atoms with Gasteiger partial charge in [0.15, 0.2) is 5.78 Å². The van der Waals surface area contributed by atoms with E-state index in [-0.39, 0.29) is 24.1 Å². The van der Waals surface area contributed by atoms with Gasteiger partial charge in [0.2, 0.25) is 0 Å². The van der Waals surface area contributed by atoms with E-state index in [9.17, 15) is 4.79 Å². The summed E-state index contributed by atoms with van der Waals surface area (Å²) in [6.45, 7) is 1.97. The second-order valence-electron chi connectivity index (χ2n) is 4.80. The Bertz CT molecular complexity index is 466. The Labute approximate surface area is 106 Å². The fraction of sp³-hybridized carbons (Fsp3) is 0.400. The molecule has 0 radical (unpaired) electrons. The van der Waals surface area contributed by atoms with Gasteiger partial charge in [0.05, 0.1) is 12.2 Å². The van der Waals surface area contributed by atoms with E-state index in [0.717, 1.165) is 5.56 Å². The van der Waals surface area contributed by atoms with E-state index in [0.29, 0.717) is 6.42 Å². The highest BCUT2D eigenvalue weighted by Crippen LogP contribution is 2.30. The number of carbonyl (C=O) groups excluding carboxylic acids is 1. The summed E-state index contributed by atoms with van der Waals surface area (Å²) in [5, 5.41) is 0. The molecule has 2 bridgehead atoms. The van der Waals surface area contributed by atoms with E-state index in [2.05, 4.69) is 0 Å². The molecule has 2 aliphatic heterocycles. The van der Waals surface area contributed by atoms with Gasteiger partial charge in [-0.25, -0.2) is 0 Å². The lowest BCUT2D eigenvalue weighted by molar-refractivity contribution is -0.158. The van der Waals surface area contributed by atoms with Crippen LogP contribution in [0.5, 0.6) is 0 Å². The third kappa shape index (κ3) is 2.11. The summed E-state index contributed by atoms with van der Waals surface area (Å²) in [6.07, 6.45) is 3.53. The number of hydrogen-bond acceptors (Lipinski definition) is 3. The van der Waals surface area contributed by atoms with Gasteiger partial charge in [-0.15, -0.1) is 0 Å². The molecular weight excluding hydrogens is 228 g/mol. The maximum atomic E-state index is 12.0. The number of carbonyl (C=O) groups is 1. The van der Waals surface area contributed by atoms with Crippen LogP contribution in [-0.2, 0) is 14.3 Å². The highest BCUT2D eigenvalue weighted by molar-refractivity contribution is 5.86. The Morgan fingerprint density at radius 2 is 2.06 bits per heavy atom. The van der Waals surface area contributed by atoms with E-state index >= 15 is 0 Å². The van der Waals surface area contributed by atoms with Crippen molar-refractivity contribution in [3.05, 3.63) is 48.0 Å². The Balaban J connectivity index is 1.72. The number of Topliss-reactive ketones (excluding diaryl/α,β-unsaturated/α-hetero) is 1. The molecule has 3 rings (SSSR count). The third-order valence-electron chi connectivity index (χ3n) is 3.49. The van der Waals surface area contributed by atoms with Crippen LogP contribution in [0.1, 0.15) is 25.0 Å². The van der Waals surface area contributed by atoms with Crippen LogP contribution in [0.2, 0.25) is 0 Å². The molecule has 2 heterocycles. The first kappa shape index (κ1) is 11.6.